The van der Waals surface area contributed by atoms with Crippen molar-refractivity contribution in [3.63, 3.8) is 0 Å². The molecule has 4 N–H and O–H groups in total. The van der Waals surface area contributed by atoms with Gasteiger partial charge in [-0.15, -0.1) is 0 Å². The number of aliphatic carboxylic acids is 5. The number of allylic oxidation sites excluding steroid dienone is 3. The van der Waals surface area contributed by atoms with E-state index in [2.05, 4.69) is 0 Å². The van der Waals surface area contributed by atoms with Crippen LogP contribution in [0.5, 0.6) is 0 Å². The Morgan fingerprint density at radius 3 is 1.28 bits per heavy atom. The molecule has 1 atom stereocenters. The normalized spacial score (nSPS) is 8.90. The predicted octanol–water partition coefficient (Wildman–Crippen LogP) is -7.34. The monoisotopic (exact) mass is 440 g/mol. The zero-order valence-corrected chi connectivity index (χ0v) is 21.7. The molecule has 11 nitrogen and oxygen atoms in total. The number of hydrogen-bond acceptors (Lipinski definition) is 8. The van der Waals surface area contributed by atoms with E-state index in [1.165, 1.54) is 13.0 Å². The van der Waals surface area contributed by atoms with Crippen LogP contribution in [-0.4, -0.2) is 56.4 Å². The van der Waals surface area contributed by atoms with Crippen molar-refractivity contribution in [1.29, 1.82) is 0 Å². The van der Waals surface area contributed by atoms with E-state index >= 15 is 0 Å². The van der Waals surface area contributed by atoms with Gasteiger partial charge >= 0.3 is 71.1 Å². The molecule has 0 rings (SSSR count). The molecule has 29 heavy (non-hydrogen) atoms. The third kappa shape index (κ3) is 172. The van der Waals surface area contributed by atoms with Crippen LogP contribution < -0.4 is 69.3 Å². The van der Waals surface area contributed by atoms with Crippen LogP contribution in [0.2, 0.25) is 0 Å². The zero-order valence-electron chi connectivity index (χ0n) is 17.7. The van der Waals surface area contributed by atoms with Crippen molar-refractivity contribution < 1.29 is 114 Å². The SMILES string of the molecule is C/C=C/C=C/C(=O)[O-].CC(=O)O.CC(=O)[O-].CC(O)C(=O)O.CCC(=O)O.[Na+].[Na+]. The fourth-order valence-electron chi connectivity index (χ4n) is 0.245. The van der Waals surface area contributed by atoms with Crippen molar-refractivity contribution in [3.05, 3.63) is 24.3 Å². The van der Waals surface area contributed by atoms with Crippen molar-refractivity contribution >= 4 is 29.8 Å². The van der Waals surface area contributed by atoms with Crippen LogP contribution in [0.25, 0.3) is 0 Å². The third-order valence-corrected chi connectivity index (χ3v) is 1.20. The molecule has 1 unspecified atom stereocenters. The molecule has 0 radical (unpaired) electrons. The smallest absolute Gasteiger partial charge is 0.550 e. The summed E-state index contributed by atoms with van der Waals surface area (Å²) in [6.45, 7) is 6.66. The first kappa shape index (κ1) is 46.1. The fourth-order valence-corrected chi connectivity index (χ4v) is 0.245. The van der Waals surface area contributed by atoms with E-state index in [4.69, 9.17) is 35.1 Å². The van der Waals surface area contributed by atoms with Gasteiger partial charge in [0.25, 0.3) is 5.97 Å². The third-order valence-electron chi connectivity index (χ3n) is 1.20. The Labute approximate surface area is 213 Å². The largest absolute Gasteiger partial charge is 1.00 e. The molecular formula is C16H26Na2O11. The number of rotatable bonds is 4. The van der Waals surface area contributed by atoms with Crippen LogP contribution in [0, 0.1) is 0 Å². The molecule has 0 amide bonds. The first-order chi connectivity index (χ1) is 12.1. The van der Waals surface area contributed by atoms with Gasteiger partial charge in [0, 0.05) is 19.3 Å². The first-order valence-electron chi connectivity index (χ1n) is 7.15. The van der Waals surface area contributed by atoms with Crippen LogP contribution in [0.1, 0.15) is 41.0 Å². The molecule has 0 saturated carbocycles. The summed E-state index contributed by atoms with van der Waals surface area (Å²) < 4.78 is 0. The van der Waals surface area contributed by atoms with Gasteiger partial charge in [-0.05, 0) is 26.8 Å². The number of aliphatic hydroxyl groups excluding tert-OH is 1. The number of carboxylic acid groups (broad SMARTS) is 5. The molecule has 158 valence electrons. The second-order valence-electron chi connectivity index (χ2n) is 3.98. The molecule has 13 heteroatoms. The molecule has 0 aliphatic carbocycles. The zero-order chi connectivity index (χ0) is 23.0. The molecule has 0 aromatic rings. The van der Waals surface area contributed by atoms with Crippen molar-refractivity contribution in [3.8, 4) is 0 Å². The van der Waals surface area contributed by atoms with E-state index in [0.717, 1.165) is 19.9 Å². The Hall–Kier alpha value is -1.21. The van der Waals surface area contributed by atoms with E-state index in [0.29, 0.717) is 0 Å². The Kier molecular flexibility index (Phi) is 59.7. The molecule has 0 aliphatic heterocycles. The summed E-state index contributed by atoms with van der Waals surface area (Å²) in [6, 6.07) is 0. The number of carboxylic acids is 5. The summed E-state index contributed by atoms with van der Waals surface area (Å²) in [6.07, 6.45) is 4.73. The van der Waals surface area contributed by atoms with Gasteiger partial charge in [-0.25, -0.2) is 4.79 Å². The van der Waals surface area contributed by atoms with Gasteiger partial charge < -0.3 is 40.2 Å². The van der Waals surface area contributed by atoms with Gasteiger partial charge in [-0.1, -0.05) is 25.2 Å². The molecule has 0 aliphatic rings. The van der Waals surface area contributed by atoms with Crippen molar-refractivity contribution in [2.24, 2.45) is 0 Å². The molecule has 0 heterocycles. The van der Waals surface area contributed by atoms with E-state index in [1.807, 2.05) is 0 Å². The number of carbonyl (C=O) groups is 5. The minimum atomic E-state index is -1.23. The van der Waals surface area contributed by atoms with Crippen molar-refractivity contribution in [2.45, 2.75) is 47.1 Å². The van der Waals surface area contributed by atoms with Crippen molar-refractivity contribution in [1.82, 2.24) is 0 Å². The quantitative estimate of drug-likeness (QED) is 0.183. The minimum absolute atomic E-state index is 0. The summed E-state index contributed by atoms with van der Waals surface area (Å²) in [5, 5.41) is 49.4. The maximum atomic E-state index is 9.64. The van der Waals surface area contributed by atoms with Gasteiger partial charge in [0.15, 0.2) is 0 Å². The maximum Gasteiger partial charge on any atom is 1.00 e. The second kappa shape index (κ2) is 37.5. The summed E-state index contributed by atoms with van der Waals surface area (Å²) >= 11 is 0. The predicted molar refractivity (Wildman–Crippen MR) is 90.2 cm³/mol. The second-order valence-corrected chi connectivity index (χ2v) is 3.98. The summed E-state index contributed by atoms with van der Waals surface area (Å²) in [4.78, 5) is 46.3. The average molecular weight is 440 g/mol. The molecule has 0 aromatic carbocycles. The molecule has 0 aromatic heterocycles. The van der Waals surface area contributed by atoms with Gasteiger partial charge in [0.2, 0.25) is 0 Å². The minimum Gasteiger partial charge on any atom is -0.550 e. The van der Waals surface area contributed by atoms with Crippen LogP contribution in [0.4, 0.5) is 0 Å². The van der Waals surface area contributed by atoms with E-state index < -0.39 is 36.0 Å². The van der Waals surface area contributed by atoms with E-state index in [9.17, 15) is 19.5 Å². The van der Waals surface area contributed by atoms with Gasteiger partial charge in [-0.2, -0.15) is 0 Å². The topological polar surface area (TPSA) is 212 Å². The average Bonchev–Trinajstić information content (AvgIpc) is 2.47. The van der Waals surface area contributed by atoms with Crippen LogP contribution in [0.15, 0.2) is 24.3 Å². The van der Waals surface area contributed by atoms with Crippen LogP contribution >= 0.6 is 0 Å². The van der Waals surface area contributed by atoms with Gasteiger partial charge in [0.1, 0.15) is 6.10 Å². The summed E-state index contributed by atoms with van der Waals surface area (Å²) in [5.41, 5.74) is 0. The van der Waals surface area contributed by atoms with Crippen LogP contribution in [0.3, 0.4) is 0 Å². The number of carbonyl (C=O) groups excluding carboxylic acids is 2. The molecule has 0 bridgehead atoms. The number of aliphatic hydroxyl groups is 1. The summed E-state index contributed by atoms with van der Waals surface area (Å²) in [7, 11) is 0. The molecule has 0 spiro atoms. The molecular weight excluding hydrogens is 414 g/mol. The Bertz CT molecular complexity index is 467. The Balaban J connectivity index is -0.0000000421. The number of hydrogen-bond donors (Lipinski definition) is 4. The van der Waals surface area contributed by atoms with Crippen LogP contribution in [-0.2, 0) is 24.0 Å². The van der Waals surface area contributed by atoms with Gasteiger partial charge in [-0.3, -0.25) is 9.59 Å². The standard InChI is InChI=1S/C6H8O2.C3H6O3.C3H6O2.2C2H4O2.2Na/c1-2-3-4-5-6(7)8;1-2(4)3(5)6;1-2-3(4)5;2*1-2(3)4;;/h2-5H,1H3,(H,7,8);2,4H,1H3,(H,5,6);2H2,1H3,(H,4,5);2*1H3,(H,3,4);;/q;;;;;2*+1/p-2/b3-2+,5-4+;;;;;;. The Morgan fingerprint density at radius 2 is 1.17 bits per heavy atom. The van der Waals surface area contributed by atoms with E-state index in [1.54, 1.807) is 26.0 Å². The summed E-state index contributed by atoms with van der Waals surface area (Å²) in [5.74, 6) is -5.01. The fraction of sp³-hybridized carbons (Fsp3) is 0.438. The van der Waals surface area contributed by atoms with E-state index in [-0.39, 0.29) is 65.5 Å². The maximum absolute atomic E-state index is 9.64. The Morgan fingerprint density at radius 1 is 0.931 bits per heavy atom. The van der Waals surface area contributed by atoms with Gasteiger partial charge in [0.05, 0.1) is 5.97 Å². The van der Waals surface area contributed by atoms with Crippen molar-refractivity contribution in [2.75, 3.05) is 0 Å². The molecule has 0 saturated heterocycles. The molecule has 0 fully saturated rings. The first-order valence-corrected chi connectivity index (χ1v) is 7.15.